The van der Waals surface area contributed by atoms with Gasteiger partial charge in [0.2, 0.25) is 0 Å². The van der Waals surface area contributed by atoms with E-state index in [9.17, 15) is 4.79 Å². The molecule has 0 bridgehead atoms. The van der Waals surface area contributed by atoms with E-state index in [2.05, 4.69) is 21.0 Å². The van der Waals surface area contributed by atoms with Crippen LogP contribution in [0.1, 0.15) is 12.5 Å². The number of hydrogen-bond acceptors (Lipinski definition) is 5. The van der Waals surface area contributed by atoms with Gasteiger partial charge in [0.05, 0.1) is 30.7 Å². The Kier molecular flexibility index (Phi) is 5.93. The van der Waals surface area contributed by atoms with Crippen LogP contribution >= 0.6 is 15.9 Å². The van der Waals surface area contributed by atoms with Gasteiger partial charge in [-0.05, 0) is 55.0 Å². The summed E-state index contributed by atoms with van der Waals surface area (Å²) in [7, 11) is 1.54. The molecule has 0 saturated carbocycles. The second kappa shape index (κ2) is 8.37. The minimum atomic E-state index is -0.186. The fourth-order valence-corrected chi connectivity index (χ4v) is 2.92. The minimum Gasteiger partial charge on any atom is -0.493 e. The maximum absolute atomic E-state index is 12.8. The summed E-state index contributed by atoms with van der Waals surface area (Å²) in [5.41, 5.74) is 2.65. The van der Waals surface area contributed by atoms with Gasteiger partial charge in [-0.15, -0.1) is 0 Å². The Morgan fingerprint density at radius 1 is 1.19 bits per heavy atom. The smallest absolute Gasteiger partial charge is 0.280 e. The number of hydrogen-bond donors (Lipinski definition) is 1. The van der Waals surface area contributed by atoms with Crippen molar-refractivity contribution in [1.29, 1.82) is 0 Å². The summed E-state index contributed by atoms with van der Waals surface area (Å²) in [4.78, 5) is 12.8. The van der Waals surface area contributed by atoms with Crippen molar-refractivity contribution in [3.8, 4) is 11.5 Å². The molecule has 7 heteroatoms. The Morgan fingerprint density at radius 2 is 1.93 bits per heavy atom. The van der Waals surface area contributed by atoms with E-state index in [1.165, 1.54) is 5.01 Å². The van der Waals surface area contributed by atoms with Crippen LogP contribution in [0.5, 0.6) is 11.5 Å². The zero-order chi connectivity index (χ0) is 19.4. The van der Waals surface area contributed by atoms with E-state index in [1.807, 2.05) is 30.3 Å². The van der Waals surface area contributed by atoms with E-state index >= 15 is 0 Å². The first kappa shape index (κ1) is 19.1. The summed E-state index contributed by atoms with van der Waals surface area (Å²) >= 11 is 3.39. The van der Waals surface area contributed by atoms with E-state index in [-0.39, 0.29) is 19.1 Å². The number of methoxy groups -OCH3 is 1. The van der Waals surface area contributed by atoms with Crippen molar-refractivity contribution >= 4 is 39.3 Å². The van der Waals surface area contributed by atoms with Gasteiger partial charge in [-0.2, -0.15) is 10.1 Å². The molecule has 2 aromatic rings. The fraction of sp³-hybridized carbons (Fsp3) is 0.200. The van der Waals surface area contributed by atoms with Crippen LogP contribution in [-0.4, -0.2) is 37.0 Å². The number of aliphatic hydroxyl groups excluding tert-OH is 1. The summed E-state index contributed by atoms with van der Waals surface area (Å²) < 4.78 is 11.7. The number of carbonyl (C=O) groups excluding carboxylic acids is 1. The quantitative estimate of drug-likeness (QED) is 0.710. The van der Waals surface area contributed by atoms with Crippen molar-refractivity contribution < 1.29 is 19.4 Å². The molecule has 0 aromatic heterocycles. The fourth-order valence-electron chi connectivity index (χ4n) is 2.66. The SMILES string of the molecule is COc1cc(C=C2C(=O)N(c3ccc(Br)cc3)N=C2C)ccc1OCCO. The molecule has 0 aliphatic carbocycles. The molecule has 140 valence electrons. The van der Waals surface area contributed by atoms with E-state index in [0.717, 1.165) is 10.0 Å². The number of carbonyl (C=O) groups is 1. The van der Waals surface area contributed by atoms with Gasteiger partial charge in [0, 0.05) is 4.47 Å². The molecule has 0 saturated heterocycles. The molecular weight excluding hydrogens is 412 g/mol. The Morgan fingerprint density at radius 3 is 2.59 bits per heavy atom. The number of aliphatic hydroxyl groups is 1. The second-order valence-electron chi connectivity index (χ2n) is 5.82. The zero-order valence-corrected chi connectivity index (χ0v) is 16.6. The molecule has 3 rings (SSSR count). The van der Waals surface area contributed by atoms with Crippen molar-refractivity contribution in [3.05, 3.63) is 58.1 Å². The third kappa shape index (κ3) is 4.20. The number of amides is 1. The highest BCUT2D eigenvalue weighted by molar-refractivity contribution is 9.10. The van der Waals surface area contributed by atoms with Gasteiger partial charge in [0.15, 0.2) is 11.5 Å². The molecule has 0 radical (unpaired) electrons. The first-order chi connectivity index (χ1) is 13.0. The van der Waals surface area contributed by atoms with Gasteiger partial charge in [0.1, 0.15) is 6.61 Å². The molecule has 0 fully saturated rings. The lowest BCUT2D eigenvalue weighted by atomic mass is 10.1. The molecule has 1 N–H and O–H groups in total. The number of nitrogens with zero attached hydrogens (tertiary/aromatic N) is 2. The molecular formula is C20H19BrN2O4. The van der Waals surface area contributed by atoms with E-state index < -0.39 is 0 Å². The van der Waals surface area contributed by atoms with Crippen molar-refractivity contribution in [2.24, 2.45) is 5.10 Å². The van der Waals surface area contributed by atoms with Crippen molar-refractivity contribution in [1.82, 2.24) is 0 Å². The van der Waals surface area contributed by atoms with Crippen LogP contribution in [-0.2, 0) is 4.79 Å². The molecule has 0 spiro atoms. The van der Waals surface area contributed by atoms with E-state index in [0.29, 0.717) is 28.5 Å². The van der Waals surface area contributed by atoms with Gasteiger partial charge < -0.3 is 14.6 Å². The lowest BCUT2D eigenvalue weighted by molar-refractivity contribution is -0.114. The van der Waals surface area contributed by atoms with Crippen LogP contribution in [0, 0.1) is 0 Å². The summed E-state index contributed by atoms with van der Waals surface area (Å²) in [5, 5.41) is 14.7. The highest BCUT2D eigenvalue weighted by Crippen LogP contribution is 2.31. The molecule has 1 aliphatic heterocycles. The minimum absolute atomic E-state index is 0.0784. The zero-order valence-electron chi connectivity index (χ0n) is 15.0. The first-order valence-corrected chi connectivity index (χ1v) is 9.12. The number of anilines is 1. The van der Waals surface area contributed by atoms with Crippen LogP contribution in [0.3, 0.4) is 0 Å². The van der Waals surface area contributed by atoms with Crippen LogP contribution in [0.25, 0.3) is 6.08 Å². The predicted molar refractivity (Wildman–Crippen MR) is 108 cm³/mol. The normalized spacial score (nSPS) is 15.3. The summed E-state index contributed by atoms with van der Waals surface area (Å²) in [6.45, 7) is 1.91. The standard InChI is InChI=1S/C20H19BrN2O4/c1-13-17(20(25)23(22-13)16-6-4-15(21)5-7-16)11-14-3-8-18(27-10-9-24)19(12-14)26-2/h3-8,11-12,24H,9-10H2,1-2H3. The Bertz CT molecular complexity index is 907. The molecule has 6 nitrogen and oxygen atoms in total. The van der Waals surface area contributed by atoms with E-state index in [4.69, 9.17) is 14.6 Å². The molecule has 2 aromatic carbocycles. The lowest BCUT2D eigenvalue weighted by Crippen LogP contribution is -2.21. The van der Waals surface area contributed by atoms with Gasteiger partial charge >= 0.3 is 0 Å². The summed E-state index contributed by atoms with van der Waals surface area (Å²) in [6.07, 6.45) is 1.78. The van der Waals surface area contributed by atoms with Crippen LogP contribution in [0.4, 0.5) is 5.69 Å². The largest absolute Gasteiger partial charge is 0.493 e. The summed E-state index contributed by atoms with van der Waals surface area (Å²) in [5.74, 6) is 0.880. The maximum atomic E-state index is 12.8. The highest BCUT2D eigenvalue weighted by atomic mass is 79.9. The van der Waals surface area contributed by atoms with Gasteiger partial charge in [-0.25, -0.2) is 0 Å². The molecule has 27 heavy (non-hydrogen) atoms. The monoisotopic (exact) mass is 430 g/mol. The van der Waals surface area contributed by atoms with Crippen molar-refractivity contribution in [2.75, 3.05) is 25.3 Å². The predicted octanol–water partition coefficient (Wildman–Crippen LogP) is 3.63. The molecule has 0 unspecified atom stereocenters. The van der Waals surface area contributed by atoms with Gasteiger partial charge in [-0.1, -0.05) is 22.0 Å². The number of hydrazone groups is 1. The second-order valence-corrected chi connectivity index (χ2v) is 6.73. The maximum Gasteiger partial charge on any atom is 0.280 e. The number of halogens is 1. The molecule has 1 amide bonds. The average molecular weight is 431 g/mol. The van der Waals surface area contributed by atoms with Gasteiger partial charge in [0.25, 0.3) is 5.91 Å². The molecule has 1 heterocycles. The van der Waals surface area contributed by atoms with Gasteiger partial charge in [-0.3, -0.25) is 4.79 Å². The number of ether oxygens (including phenoxy) is 2. The first-order valence-electron chi connectivity index (χ1n) is 8.32. The van der Waals surface area contributed by atoms with Crippen molar-refractivity contribution in [2.45, 2.75) is 6.92 Å². The Hall–Kier alpha value is -2.64. The van der Waals surface area contributed by atoms with Crippen LogP contribution in [0.2, 0.25) is 0 Å². The summed E-state index contributed by atoms with van der Waals surface area (Å²) in [6, 6.07) is 12.7. The Balaban J connectivity index is 1.88. The van der Waals surface area contributed by atoms with Crippen molar-refractivity contribution in [3.63, 3.8) is 0 Å². The lowest BCUT2D eigenvalue weighted by Gasteiger charge is -2.12. The average Bonchev–Trinajstić information content (AvgIpc) is 2.95. The topological polar surface area (TPSA) is 71.4 Å². The molecule has 0 atom stereocenters. The van der Waals surface area contributed by atoms with Crippen LogP contribution in [0.15, 0.2) is 57.6 Å². The third-order valence-corrected chi connectivity index (χ3v) is 4.51. The number of benzene rings is 2. The highest BCUT2D eigenvalue weighted by Gasteiger charge is 2.28. The number of rotatable bonds is 6. The van der Waals surface area contributed by atoms with E-state index in [1.54, 1.807) is 32.2 Å². The Labute approximate surface area is 165 Å². The third-order valence-electron chi connectivity index (χ3n) is 3.98. The van der Waals surface area contributed by atoms with Crippen LogP contribution < -0.4 is 14.5 Å². The molecule has 1 aliphatic rings.